The van der Waals surface area contributed by atoms with Crippen molar-refractivity contribution in [1.29, 1.82) is 0 Å². The van der Waals surface area contributed by atoms with Crippen molar-refractivity contribution in [3.63, 3.8) is 0 Å². The molecule has 2 aromatic carbocycles. The zero-order valence-electron chi connectivity index (χ0n) is 15.0. The summed E-state index contributed by atoms with van der Waals surface area (Å²) >= 11 is 3.30. The molecule has 0 aromatic heterocycles. The molecule has 0 saturated carbocycles. The second kappa shape index (κ2) is 9.72. The van der Waals surface area contributed by atoms with Gasteiger partial charge in [-0.05, 0) is 48.9 Å². The van der Waals surface area contributed by atoms with Crippen LogP contribution in [0.5, 0.6) is 5.75 Å². The van der Waals surface area contributed by atoms with Gasteiger partial charge in [0.25, 0.3) is 10.0 Å². The molecule has 0 heterocycles. The van der Waals surface area contributed by atoms with Crippen LogP contribution in [0.15, 0.2) is 51.8 Å². The van der Waals surface area contributed by atoms with Gasteiger partial charge in [0, 0.05) is 22.5 Å². The molecule has 0 radical (unpaired) electrons. The average Bonchev–Trinajstić information content (AvgIpc) is 2.63. The molecule has 0 atom stereocenters. The standard InChI is InChI=1S/C18H21BrN2O5S/c1-3-10-26-12-18(22)20-15-8-9-16(25-2)17(11-15)27(23,24)21-14-6-4-13(19)5-7-14/h4-9,11,21H,3,10,12H2,1-2H3,(H,20,22). The van der Waals surface area contributed by atoms with Crippen molar-refractivity contribution >= 4 is 43.2 Å². The summed E-state index contributed by atoms with van der Waals surface area (Å²) in [7, 11) is -2.54. The van der Waals surface area contributed by atoms with Crippen LogP contribution in [0.3, 0.4) is 0 Å². The monoisotopic (exact) mass is 456 g/mol. The Morgan fingerprint density at radius 2 is 1.78 bits per heavy atom. The van der Waals surface area contributed by atoms with Crippen LogP contribution in [0.25, 0.3) is 0 Å². The maximum atomic E-state index is 12.8. The van der Waals surface area contributed by atoms with Crippen LogP contribution in [-0.4, -0.2) is 34.6 Å². The van der Waals surface area contributed by atoms with Crippen molar-refractivity contribution in [2.75, 3.05) is 30.4 Å². The predicted octanol–water partition coefficient (Wildman–Crippen LogP) is 3.62. The normalized spacial score (nSPS) is 11.1. The van der Waals surface area contributed by atoms with Gasteiger partial charge in [-0.15, -0.1) is 0 Å². The van der Waals surface area contributed by atoms with Crippen molar-refractivity contribution < 1.29 is 22.7 Å². The van der Waals surface area contributed by atoms with E-state index in [4.69, 9.17) is 9.47 Å². The number of hydrogen-bond donors (Lipinski definition) is 2. The van der Waals surface area contributed by atoms with Gasteiger partial charge in [-0.3, -0.25) is 9.52 Å². The molecule has 0 aliphatic carbocycles. The SMILES string of the molecule is CCCOCC(=O)Nc1ccc(OC)c(S(=O)(=O)Nc2ccc(Br)cc2)c1. The number of rotatable bonds is 9. The van der Waals surface area contributed by atoms with Gasteiger partial charge in [0.15, 0.2) is 0 Å². The first-order valence-electron chi connectivity index (χ1n) is 8.19. The fourth-order valence-corrected chi connectivity index (χ4v) is 3.72. The zero-order valence-corrected chi connectivity index (χ0v) is 17.4. The highest BCUT2D eigenvalue weighted by molar-refractivity contribution is 9.10. The number of benzene rings is 2. The largest absolute Gasteiger partial charge is 0.495 e. The number of carbonyl (C=O) groups excluding carboxylic acids is 1. The molecule has 27 heavy (non-hydrogen) atoms. The number of hydrogen-bond acceptors (Lipinski definition) is 5. The number of anilines is 2. The maximum Gasteiger partial charge on any atom is 0.265 e. The number of methoxy groups -OCH3 is 1. The molecule has 0 spiro atoms. The molecular formula is C18H21BrN2O5S. The molecule has 2 rings (SSSR count). The van der Waals surface area contributed by atoms with Gasteiger partial charge >= 0.3 is 0 Å². The number of carbonyl (C=O) groups is 1. The third kappa shape index (κ3) is 6.23. The van der Waals surface area contributed by atoms with Gasteiger partial charge in [0.2, 0.25) is 5.91 Å². The van der Waals surface area contributed by atoms with Gasteiger partial charge in [0.05, 0.1) is 7.11 Å². The Balaban J connectivity index is 2.23. The number of ether oxygens (including phenoxy) is 2. The van der Waals surface area contributed by atoms with Crippen LogP contribution in [0.4, 0.5) is 11.4 Å². The molecule has 2 N–H and O–H groups in total. The minimum atomic E-state index is -3.92. The van der Waals surface area contributed by atoms with E-state index in [9.17, 15) is 13.2 Å². The maximum absolute atomic E-state index is 12.8. The molecule has 0 unspecified atom stereocenters. The summed E-state index contributed by atoms with van der Waals surface area (Å²) in [6.45, 7) is 2.32. The van der Waals surface area contributed by atoms with Crippen molar-refractivity contribution in [2.45, 2.75) is 18.2 Å². The van der Waals surface area contributed by atoms with Gasteiger partial charge in [-0.2, -0.15) is 0 Å². The van der Waals surface area contributed by atoms with Gasteiger partial charge in [0.1, 0.15) is 17.3 Å². The van der Waals surface area contributed by atoms with Crippen LogP contribution in [0, 0.1) is 0 Å². The average molecular weight is 457 g/mol. The quantitative estimate of drug-likeness (QED) is 0.561. The van der Waals surface area contributed by atoms with E-state index < -0.39 is 10.0 Å². The van der Waals surface area contributed by atoms with E-state index in [1.165, 1.54) is 19.2 Å². The second-order valence-electron chi connectivity index (χ2n) is 5.58. The number of nitrogens with one attached hydrogen (secondary N) is 2. The Kier molecular flexibility index (Phi) is 7.64. The minimum Gasteiger partial charge on any atom is -0.495 e. The summed E-state index contributed by atoms with van der Waals surface area (Å²) in [5.74, 6) is -0.197. The highest BCUT2D eigenvalue weighted by atomic mass is 79.9. The Bertz CT molecular complexity index is 885. The van der Waals surface area contributed by atoms with E-state index in [1.807, 2.05) is 6.92 Å². The summed E-state index contributed by atoms with van der Waals surface area (Å²) in [4.78, 5) is 11.8. The Morgan fingerprint density at radius 3 is 2.41 bits per heavy atom. The van der Waals surface area contributed by atoms with E-state index in [1.54, 1.807) is 30.3 Å². The molecule has 0 aliphatic rings. The summed E-state index contributed by atoms with van der Waals surface area (Å²) in [6.07, 6.45) is 0.805. The second-order valence-corrected chi connectivity index (χ2v) is 8.15. The summed E-state index contributed by atoms with van der Waals surface area (Å²) in [5, 5.41) is 2.62. The van der Waals surface area contributed by atoms with Crippen molar-refractivity contribution in [3.8, 4) is 5.75 Å². The predicted molar refractivity (Wildman–Crippen MR) is 108 cm³/mol. The lowest BCUT2D eigenvalue weighted by Gasteiger charge is -2.14. The molecule has 0 aliphatic heterocycles. The molecule has 0 fully saturated rings. The first kappa shape index (κ1) is 21.2. The van der Waals surface area contributed by atoms with Gasteiger partial charge < -0.3 is 14.8 Å². The lowest BCUT2D eigenvalue weighted by Crippen LogP contribution is -2.19. The van der Waals surface area contributed by atoms with E-state index >= 15 is 0 Å². The van der Waals surface area contributed by atoms with Crippen molar-refractivity contribution in [3.05, 3.63) is 46.9 Å². The zero-order chi connectivity index (χ0) is 19.9. The highest BCUT2D eigenvalue weighted by Crippen LogP contribution is 2.29. The van der Waals surface area contributed by atoms with Crippen LogP contribution in [-0.2, 0) is 19.6 Å². The van der Waals surface area contributed by atoms with Crippen LogP contribution < -0.4 is 14.8 Å². The minimum absolute atomic E-state index is 0.0832. The number of amides is 1. The Labute approximate surface area is 167 Å². The van der Waals surface area contributed by atoms with E-state index in [0.717, 1.165) is 10.9 Å². The van der Waals surface area contributed by atoms with E-state index in [0.29, 0.717) is 18.0 Å². The van der Waals surface area contributed by atoms with Crippen LogP contribution in [0.2, 0.25) is 0 Å². The molecular weight excluding hydrogens is 436 g/mol. The van der Waals surface area contributed by atoms with Crippen LogP contribution >= 0.6 is 15.9 Å². The molecule has 146 valence electrons. The first-order valence-corrected chi connectivity index (χ1v) is 10.5. The van der Waals surface area contributed by atoms with E-state index in [2.05, 4.69) is 26.0 Å². The molecule has 0 bridgehead atoms. The fourth-order valence-electron chi connectivity index (χ4n) is 2.20. The molecule has 0 saturated heterocycles. The van der Waals surface area contributed by atoms with Crippen LogP contribution in [0.1, 0.15) is 13.3 Å². The molecule has 2 aromatic rings. The lowest BCUT2D eigenvalue weighted by molar-refractivity contribution is -0.120. The van der Waals surface area contributed by atoms with Gasteiger partial charge in [-0.1, -0.05) is 22.9 Å². The summed E-state index contributed by atoms with van der Waals surface area (Å²) in [6, 6.07) is 11.1. The number of sulfonamides is 1. The first-order chi connectivity index (χ1) is 12.9. The smallest absolute Gasteiger partial charge is 0.265 e. The molecule has 9 heteroatoms. The van der Waals surface area contributed by atoms with E-state index in [-0.39, 0.29) is 23.2 Å². The highest BCUT2D eigenvalue weighted by Gasteiger charge is 2.21. The van der Waals surface area contributed by atoms with Crippen molar-refractivity contribution in [1.82, 2.24) is 0 Å². The molecule has 7 nitrogen and oxygen atoms in total. The summed E-state index contributed by atoms with van der Waals surface area (Å²) in [5.41, 5.74) is 0.736. The lowest BCUT2D eigenvalue weighted by atomic mass is 10.3. The van der Waals surface area contributed by atoms with Gasteiger partial charge in [-0.25, -0.2) is 8.42 Å². The topological polar surface area (TPSA) is 93.7 Å². The Morgan fingerprint density at radius 1 is 1.11 bits per heavy atom. The molecule has 1 amide bonds. The fraction of sp³-hybridized carbons (Fsp3) is 0.278. The third-order valence-electron chi connectivity index (χ3n) is 3.41. The summed E-state index contributed by atoms with van der Waals surface area (Å²) < 4.78 is 39.2. The Hall–Kier alpha value is -2.10. The number of halogens is 1. The van der Waals surface area contributed by atoms with Crippen molar-refractivity contribution in [2.24, 2.45) is 0 Å². The third-order valence-corrected chi connectivity index (χ3v) is 5.35.